The largest absolute Gasteiger partial charge is 0.298 e. The molecule has 1 aromatic heterocycles. The quantitative estimate of drug-likeness (QED) is 0.469. The van der Waals surface area contributed by atoms with Gasteiger partial charge in [-0.15, -0.1) is 0 Å². The van der Waals surface area contributed by atoms with Gasteiger partial charge >= 0.3 is 0 Å². The van der Waals surface area contributed by atoms with E-state index >= 15 is 0 Å². The van der Waals surface area contributed by atoms with Gasteiger partial charge in [0.1, 0.15) is 5.82 Å². The smallest absolute Gasteiger partial charge is 0.150 e. The van der Waals surface area contributed by atoms with Crippen molar-refractivity contribution in [2.75, 3.05) is 0 Å². The molecule has 17 heavy (non-hydrogen) atoms. The predicted octanol–water partition coefficient (Wildman–Crippen LogP) is 3.34. The van der Waals surface area contributed by atoms with Crippen LogP contribution in [0.4, 0.5) is 4.39 Å². The third-order valence-electron chi connectivity index (χ3n) is 2.76. The molecule has 2 nitrogen and oxygen atoms in total. The minimum absolute atomic E-state index is 0.332. The number of rotatable bonds is 1. The number of carbonyl (C=O) groups is 1. The summed E-state index contributed by atoms with van der Waals surface area (Å²) in [6.07, 6.45) is 0.655. The number of nitrogens with zero attached hydrogens (tertiary/aromatic N) is 1. The normalized spacial score (nSPS) is 10.9. The standard InChI is InChI=1S/C14H8FNO/c15-11-5-10(8-17)12-6-9-3-1-2-4-13(9)16-14(12)7-11/h1-8H. The van der Waals surface area contributed by atoms with Crippen molar-refractivity contribution in [2.24, 2.45) is 0 Å². The Labute approximate surface area is 96.7 Å². The Balaban J connectivity index is 2.51. The number of hydrogen-bond acceptors (Lipinski definition) is 2. The summed E-state index contributed by atoms with van der Waals surface area (Å²) in [4.78, 5) is 15.3. The van der Waals surface area contributed by atoms with E-state index in [-0.39, 0.29) is 0 Å². The Morgan fingerprint density at radius 3 is 2.71 bits per heavy atom. The van der Waals surface area contributed by atoms with Crippen LogP contribution in [0, 0.1) is 5.82 Å². The highest BCUT2D eigenvalue weighted by atomic mass is 19.1. The average molecular weight is 225 g/mol. The van der Waals surface area contributed by atoms with E-state index < -0.39 is 5.82 Å². The van der Waals surface area contributed by atoms with Crippen molar-refractivity contribution < 1.29 is 9.18 Å². The van der Waals surface area contributed by atoms with Gasteiger partial charge in [-0.2, -0.15) is 0 Å². The molecule has 82 valence electrons. The molecule has 1 heterocycles. The number of benzene rings is 2. The van der Waals surface area contributed by atoms with Crippen LogP contribution >= 0.6 is 0 Å². The maximum atomic E-state index is 13.3. The van der Waals surface area contributed by atoms with Crippen molar-refractivity contribution in [2.45, 2.75) is 0 Å². The van der Waals surface area contributed by atoms with Crippen LogP contribution < -0.4 is 0 Å². The highest BCUT2D eigenvalue weighted by Crippen LogP contribution is 2.22. The van der Waals surface area contributed by atoms with E-state index in [1.807, 2.05) is 30.3 Å². The highest BCUT2D eigenvalue weighted by Gasteiger charge is 2.06. The van der Waals surface area contributed by atoms with Crippen molar-refractivity contribution in [1.82, 2.24) is 4.98 Å². The lowest BCUT2D eigenvalue weighted by molar-refractivity contribution is 0.112. The molecule has 0 aliphatic rings. The Kier molecular flexibility index (Phi) is 2.11. The molecule has 0 saturated heterocycles. The Morgan fingerprint density at radius 2 is 1.88 bits per heavy atom. The Morgan fingerprint density at radius 1 is 1.06 bits per heavy atom. The number of aromatic nitrogens is 1. The van der Waals surface area contributed by atoms with E-state index in [1.165, 1.54) is 12.1 Å². The van der Waals surface area contributed by atoms with Crippen molar-refractivity contribution in [3.8, 4) is 0 Å². The summed E-state index contributed by atoms with van der Waals surface area (Å²) in [7, 11) is 0. The van der Waals surface area contributed by atoms with E-state index in [4.69, 9.17) is 0 Å². The van der Waals surface area contributed by atoms with E-state index in [2.05, 4.69) is 4.98 Å². The van der Waals surface area contributed by atoms with Crippen molar-refractivity contribution >= 4 is 28.1 Å². The molecule has 0 fully saturated rings. The first-order chi connectivity index (χ1) is 8.28. The van der Waals surface area contributed by atoms with Gasteiger partial charge in [0.05, 0.1) is 11.0 Å². The molecule has 3 aromatic rings. The lowest BCUT2D eigenvalue weighted by atomic mass is 10.1. The van der Waals surface area contributed by atoms with Gasteiger partial charge in [-0.3, -0.25) is 4.79 Å². The van der Waals surface area contributed by atoms with Crippen LogP contribution in [0.15, 0.2) is 42.5 Å². The third kappa shape index (κ3) is 1.56. The van der Waals surface area contributed by atoms with Crippen LogP contribution in [-0.4, -0.2) is 11.3 Å². The molecule has 0 N–H and O–H groups in total. The average Bonchev–Trinajstić information content (AvgIpc) is 2.35. The molecule has 3 heteroatoms. The molecule has 0 atom stereocenters. The number of pyridine rings is 1. The molecule has 0 unspecified atom stereocenters. The number of fused-ring (bicyclic) bond motifs is 2. The fraction of sp³-hybridized carbons (Fsp3) is 0. The van der Waals surface area contributed by atoms with Gasteiger partial charge in [0, 0.05) is 22.4 Å². The van der Waals surface area contributed by atoms with Gasteiger partial charge in [-0.05, 0) is 18.2 Å². The first kappa shape index (κ1) is 9.90. The van der Waals surface area contributed by atoms with Gasteiger partial charge in [-0.25, -0.2) is 9.37 Å². The molecule has 0 radical (unpaired) electrons. The summed E-state index contributed by atoms with van der Waals surface area (Å²) < 4.78 is 13.3. The molecule has 0 saturated carbocycles. The summed E-state index contributed by atoms with van der Waals surface area (Å²) in [6, 6.07) is 12.0. The summed E-state index contributed by atoms with van der Waals surface area (Å²) in [5.41, 5.74) is 1.63. The number of halogens is 1. The molecule has 0 amide bonds. The van der Waals surface area contributed by atoms with Crippen LogP contribution in [0.25, 0.3) is 21.8 Å². The van der Waals surface area contributed by atoms with Crippen molar-refractivity contribution in [3.63, 3.8) is 0 Å². The van der Waals surface area contributed by atoms with Crippen LogP contribution in [0.2, 0.25) is 0 Å². The minimum atomic E-state index is -0.442. The van der Waals surface area contributed by atoms with Gasteiger partial charge in [0.25, 0.3) is 0 Å². The van der Waals surface area contributed by atoms with E-state index in [1.54, 1.807) is 0 Å². The third-order valence-corrected chi connectivity index (χ3v) is 2.76. The lowest BCUT2D eigenvalue weighted by Gasteiger charge is -2.03. The lowest BCUT2D eigenvalue weighted by Crippen LogP contribution is -1.90. The number of hydrogen-bond donors (Lipinski definition) is 0. The zero-order valence-electron chi connectivity index (χ0n) is 8.85. The first-order valence-corrected chi connectivity index (χ1v) is 5.22. The first-order valence-electron chi connectivity index (χ1n) is 5.22. The van der Waals surface area contributed by atoms with E-state index in [0.717, 1.165) is 10.9 Å². The molecule has 3 rings (SSSR count). The highest BCUT2D eigenvalue weighted by molar-refractivity contribution is 6.01. The second-order valence-corrected chi connectivity index (χ2v) is 3.86. The van der Waals surface area contributed by atoms with Crippen molar-refractivity contribution in [1.29, 1.82) is 0 Å². The molecule has 2 aromatic carbocycles. The fourth-order valence-corrected chi connectivity index (χ4v) is 1.97. The van der Waals surface area contributed by atoms with E-state index in [9.17, 15) is 9.18 Å². The topological polar surface area (TPSA) is 30.0 Å². The number of carbonyl (C=O) groups excluding carboxylic acids is 1. The van der Waals surface area contributed by atoms with E-state index in [0.29, 0.717) is 22.8 Å². The molecule has 0 aliphatic heterocycles. The van der Waals surface area contributed by atoms with Crippen LogP contribution in [0.1, 0.15) is 10.4 Å². The zero-order chi connectivity index (χ0) is 11.8. The van der Waals surface area contributed by atoms with Crippen LogP contribution in [-0.2, 0) is 0 Å². The van der Waals surface area contributed by atoms with Crippen molar-refractivity contribution in [3.05, 3.63) is 53.8 Å². The summed E-state index contributed by atoms with van der Waals surface area (Å²) in [5.74, 6) is -0.442. The molecule has 0 bridgehead atoms. The van der Waals surface area contributed by atoms with Crippen LogP contribution in [0.3, 0.4) is 0 Å². The second kappa shape index (κ2) is 3.63. The summed E-state index contributed by atoms with van der Waals surface area (Å²) in [5, 5.41) is 1.62. The minimum Gasteiger partial charge on any atom is -0.298 e. The van der Waals surface area contributed by atoms with Gasteiger partial charge in [-0.1, -0.05) is 18.2 Å². The SMILES string of the molecule is O=Cc1cc(F)cc2nc3ccccc3cc12. The van der Waals surface area contributed by atoms with Crippen LogP contribution in [0.5, 0.6) is 0 Å². The number of para-hydroxylation sites is 1. The summed E-state index contributed by atoms with van der Waals surface area (Å²) in [6.45, 7) is 0. The molecular weight excluding hydrogens is 217 g/mol. The van der Waals surface area contributed by atoms with Gasteiger partial charge in [0.15, 0.2) is 6.29 Å². The fourth-order valence-electron chi connectivity index (χ4n) is 1.97. The molecule has 0 aliphatic carbocycles. The zero-order valence-corrected chi connectivity index (χ0v) is 8.85. The monoisotopic (exact) mass is 225 g/mol. The second-order valence-electron chi connectivity index (χ2n) is 3.86. The molecular formula is C14H8FNO. The number of aldehydes is 1. The predicted molar refractivity (Wildman–Crippen MR) is 64.6 cm³/mol. The Bertz CT molecular complexity index is 737. The summed E-state index contributed by atoms with van der Waals surface area (Å²) >= 11 is 0. The van der Waals surface area contributed by atoms with Gasteiger partial charge < -0.3 is 0 Å². The van der Waals surface area contributed by atoms with Gasteiger partial charge in [0.2, 0.25) is 0 Å². The maximum Gasteiger partial charge on any atom is 0.150 e. The maximum absolute atomic E-state index is 13.3. The molecule has 0 spiro atoms. The Hall–Kier alpha value is -2.29.